The fraction of sp³-hybridized carbons (Fsp3) is 0.316. The summed E-state index contributed by atoms with van der Waals surface area (Å²) in [6.07, 6.45) is 0. The second-order valence-corrected chi connectivity index (χ2v) is 7.91. The zero-order valence-electron chi connectivity index (χ0n) is 15.7. The van der Waals surface area contributed by atoms with Crippen LogP contribution in [0.25, 0.3) is 0 Å². The minimum atomic E-state index is -3.48. The summed E-state index contributed by atoms with van der Waals surface area (Å²) in [6.45, 7) is 6.32. The van der Waals surface area contributed by atoms with Crippen LogP contribution >= 0.6 is 12.4 Å². The molecule has 27 heavy (non-hydrogen) atoms. The van der Waals surface area contributed by atoms with E-state index in [-0.39, 0.29) is 29.3 Å². The molecule has 8 heteroatoms. The largest absolute Gasteiger partial charge is 0.399 e. The standard InChI is InChI=1S/C19H25N3O3S.ClH/c1-4-22(5-2)26(24,25)18-12-8-15(9-13-18)14(3)21-19(23)16-6-10-17(20)11-7-16;/h6-14H,4-5,20H2,1-3H3,(H,21,23);1H. The zero-order chi connectivity index (χ0) is 19.3. The van der Waals surface area contributed by atoms with Gasteiger partial charge >= 0.3 is 0 Å². The SMILES string of the molecule is CCN(CC)S(=O)(=O)c1ccc(C(C)NC(=O)c2ccc(N)cc2)cc1.Cl. The van der Waals surface area contributed by atoms with Gasteiger partial charge in [0.1, 0.15) is 0 Å². The van der Waals surface area contributed by atoms with E-state index >= 15 is 0 Å². The summed E-state index contributed by atoms with van der Waals surface area (Å²) in [6, 6.07) is 13.0. The first-order valence-electron chi connectivity index (χ1n) is 8.56. The van der Waals surface area contributed by atoms with Gasteiger partial charge in [-0.05, 0) is 48.9 Å². The molecule has 0 bridgehead atoms. The van der Waals surface area contributed by atoms with Gasteiger partial charge in [-0.15, -0.1) is 12.4 Å². The van der Waals surface area contributed by atoms with E-state index in [4.69, 9.17) is 5.73 Å². The molecule has 0 aliphatic carbocycles. The Morgan fingerprint density at radius 3 is 2.04 bits per heavy atom. The van der Waals surface area contributed by atoms with Crippen LogP contribution in [0.5, 0.6) is 0 Å². The number of amides is 1. The molecule has 1 unspecified atom stereocenters. The van der Waals surface area contributed by atoms with E-state index in [1.165, 1.54) is 4.31 Å². The maximum atomic E-state index is 12.5. The third kappa shape index (κ3) is 5.45. The number of sulfonamides is 1. The minimum absolute atomic E-state index is 0. The molecular formula is C19H26ClN3O3S. The van der Waals surface area contributed by atoms with Crippen LogP contribution in [0.3, 0.4) is 0 Å². The van der Waals surface area contributed by atoms with Crippen LogP contribution in [0.1, 0.15) is 42.7 Å². The molecule has 0 saturated carbocycles. The molecule has 0 aliphatic rings. The van der Waals surface area contributed by atoms with E-state index in [0.717, 1.165) is 5.56 Å². The Kier molecular flexibility index (Phi) is 8.27. The molecule has 2 rings (SSSR count). The highest BCUT2D eigenvalue weighted by molar-refractivity contribution is 7.89. The zero-order valence-corrected chi connectivity index (χ0v) is 17.3. The van der Waals surface area contributed by atoms with Crippen LogP contribution in [0.2, 0.25) is 0 Å². The second kappa shape index (κ2) is 9.73. The van der Waals surface area contributed by atoms with Gasteiger partial charge in [-0.2, -0.15) is 4.31 Å². The number of carbonyl (C=O) groups is 1. The van der Waals surface area contributed by atoms with Gasteiger partial charge in [0.25, 0.3) is 5.91 Å². The van der Waals surface area contributed by atoms with Gasteiger partial charge in [-0.25, -0.2) is 8.42 Å². The van der Waals surface area contributed by atoms with Crippen LogP contribution < -0.4 is 11.1 Å². The van der Waals surface area contributed by atoms with Crippen molar-refractivity contribution in [1.29, 1.82) is 0 Å². The number of anilines is 1. The van der Waals surface area contributed by atoms with Crippen molar-refractivity contribution in [2.45, 2.75) is 31.7 Å². The first-order valence-corrected chi connectivity index (χ1v) is 10.00. The number of hydrogen-bond acceptors (Lipinski definition) is 4. The number of rotatable bonds is 7. The number of nitrogen functional groups attached to an aromatic ring is 1. The molecule has 148 valence electrons. The highest BCUT2D eigenvalue weighted by Gasteiger charge is 2.21. The average molecular weight is 412 g/mol. The van der Waals surface area contributed by atoms with E-state index in [9.17, 15) is 13.2 Å². The van der Waals surface area contributed by atoms with Crippen LogP contribution in [-0.4, -0.2) is 31.7 Å². The lowest BCUT2D eigenvalue weighted by Crippen LogP contribution is -2.30. The quantitative estimate of drug-likeness (QED) is 0.684. The van der Waals surface area contributed by atoms with Gasteiger partial charge in [0.05, 0.1) is 10.9 Å². The fourth-order valence-corrected chi connectivity index (χ4v) is 4.10. The van der Waals surface area contributed by atoms with Crippen molar-refractivity contribution in [3.63, 3.8) is 0 Å². The molecule has 2 aromatic carbocycles. The summed E-state index contributed by atoms with van der Waals surface area (Å²) in [5, 5.41) is 2.90. The van der Waals surface area contributed by atoms with E-state index in [1.807, 2.05) is 20.8 Å². The van der Waals surface area contributed by atoms with Gasteiger partial charge in [0.2, 0.25) is 10.0 Å². The monoisotopic (exact) mass is 411 g/mol. The van der Waals surface area contributed by atoms with E-state index in [2.05, 4.69) is 5.32 Å². The first-order chi connectivity index (χ1) is 12.3. The molecule has 1 atom stereocenters. The molecule has 0 aromatic heterocycles. The van der Waals surface area contributed by atoms with Crippen LogP contribution in [0.15, 0.2) is 53.4 Å². The Balaban J connectivity index is 0.00000364. The van der Waals surface area contributed by atoms with Crippen LogP contribution in [0.4, 0.5) is 5.69 Å². The Morgan fingerprint density at radius 2 is 1.56 bits per heavy atom. The van der Waals surface area contributed by atoms with Crippen molar-refractivity contribution in [3.8, 4) is 0 Å². The number of halogens is 1. The summed E-state index contributed by atoms with van der Waals surface area (Å²) in [4.78, 5) is 12.5. The molecule has 0 fully saturated rings. The van der Waals surface area contributed by atoms with Crippen molar-refractivity contribution in [1.82, 2.24) is 9.62 Å². The molecule has 0 radical (unpaired) electrons. The summed E-state index contributed by atoms with van der Waals surface area (Å²) < 4.78 is 26.4. The Hall–Kier alpha value is -2.09. The van der Waals surface area contributed by atoms with Crippen molar-refractivity contribution in [2.24, 2.45) is 0 Å². The van der Waals surface area contributed by atoms with Gasteiger partial charge in [0.15, 0.2) is 0 Å². The predicted octanol–water partition coefficient (Wildman–Crippen LogP) is 3.21. The average Bonchev–Trinajstić information content (AvgIpc) is 2.63. The highest BCUT2D eigenvalue weighted by Crippen LogP contribution is 2.20. The normalized spacial score (nSPS) is 12.3. The molecular weight excluding hydrogens is 386 g/mol. The summed E-state index contributed by atoms with van der Waals surface area (Å²) in [5.41, 5.74) is 7.57. The molecule has 1 amide bonds. The molecule has 0 heterocycles. The smallest absolute Gasteiger partial charge is 0.251 e. The summed E-state index contributed by atoms with van der Waals surface area (Å²) in [7, 11) is -3.48. The van der Waals surface area contributed by atoms with Gasteiger partial charge in [-0.3, -0.25) is 4.79 Å². The van der Waals surface area contributed by atoms with Gasteiger partial charge < -0.3 is 11.1 Å². The van der Waals surface area contributed by atoms with E-state index in [0.29, 0.717) is 24.3 Å². The number of carbonyl (C=O) groups excluding carboxylic acids is 1. The predicted molar refractivity (Wildman–Crippen MR) is 111 cm³/mol. The first kappa shape index (κ1) is 23.0. The minimum Gasteiger partial charge on any atom is -0.399 e. The molecule has 2 aromatic rings. The van der Waals surface area contributed by atoms with Crippen LogP contribution in [-0.2, 0) is 10.0 Å². The fourth-order valence-electron chi connectivity index (χ4n) is 2.64. The number of nitrogens with two attached hydrogens (primary N) is 1. The van der Waals surface area contributed by atoms with Crippen LogP contribution in [0, 0.1) is 0 Å². The van der Waals surface area contributed by atoms with Gasteiger partial charge in [0, 0.05) is 24.3 Å². The summed E-state index contributed by atoms with van der Waals surface area (Å²) in [5.74, 6) is -0.211. The van der Waals surface area contributed by atoms with Gasteiger partial charge in [-0.1, -0.05) is 26.0 Å². The van der Waals surface area contributed by atoms with Crippen molar-refractivity contribution < 1.29 is 13.2 Å². The van der Waals surface area contributed by atoms with Crippen molar-refractivity contribution in [3.05, 3.63) is 59.7 Å². The number of hydrogen-bond donors (Lipinski definition) is 2. The topological polar surface area (TPSA) is 92.5 Å². The highest BCUT2D eigenvalue weighted by atomic mass is 35.5. The third-order valence-electron chi connectivity index (χ3n) is 4.24. The maximum absolute atomic E-state index is 12.5. The summed E-state index contributed by atoms with van der Waals surface area (Å²) >= 11 is 0. The lowest BCUT2D eigenvalue weighted by atomic mass is 10.1. The lowest BCUT2D eigenvalue weighted by Gasteiger charge is -2.19. The lowest BCUT2D eigenvalue weighted by molar-refractivity contribution is 0.0940. The van der Waals surface area contributed by atoms with Crippen molar-refractivity contribution >= 4 is 34.0 Å². The van der Waals surface area contributed by atoms with E-state index in [1.54, 1.807) is 48.5 Å². The molecule has 6 nitrogen and oxygen atoms in total. The number of nitrogens with one attached hydrogen (secondary N) is 1. The van der Waals surface area contributed by atoms with Crippen molar-refractivity contribution in [2.75, 3.05) is 18.8 Å². The Labute approximate surface area is 167 Å². The maximum Gasteiger partial charge on any atom is 0.251 e. The Morgan fingerprint density at radius 1 is 1.04 bits per heavy atom. The molecule has 3 N–H and O–H groups in total. The Bertz CT molecular complexity index is 849. The second-order valence-electron chi connectivity index (χ2n) is 5.98. The molecule has 0 saturated heterocycles. The van der Waals surface area contributed by atoms with E-state index < -0.39 is 10.0 Å². The number of nitrogens with zero attached hydrogens (tertiary/aromatic N) is 1. The molecule has 0 spiro atoms. The third-order valence-corrected chi connectivity index (χ3v) is 6.31. The molecule has 0 aliphatic heterocycles. The number of benzene rings is 2.